The van der Waals surface area contributed by atoms with Crippen LogP contribution in [0.5, 0.6) is 0 Å². The van der Waals surface area contributed by atoms with Gasteiger partial charge in [0.1, 0.15) is 0 Å². The molecule has 0 radical (unpaired) electrons. The Hall–Kier alpha value is -0.120. The van der Waals surface area contributed by atoms with Gasteiger partial charge in [0.15, 0.2) is 0 Å². The SMILES string of the molecule is CC1(C)CNCCCN1CC1CCCO1. The maximum absolute atomic E-state index is 5.73. The lowest BCUT2D eigenvalue weighted by atomic mass is 10.0. The average Bonchev–Trinajstić information content (AvgIpc) is 2.62. The fourth-order valence-corrected chi connectivity index (χ4v) is 2.58. The van der Waals surface area contributed by atoms with Crippen LogP contribution in [0.1, 0.15) is 33.1 Å². The second-order valence-electron chi connectivity index (χ2n) is 5.42. The van der Waals surface area contributed by atoms with E-state index in [-0.39, 0.29) is 5.54 Å². The van der Waals surface area contributed by atoms with Gasteiger partial charge in [-0.3, -0.25) is 4.90 Å². The third-order valence-corrected chi connectivity index (χ3v) is 3.64. The number of hydrogen-bond acceptors (Lipinski definition) is 3. The maximum Gasteiger partial charge on any atom is 0.0703 e. The van der Waals surface area contributed by atoms with Gasteiger partial charge < -0.3 is 10.1 Å². The maximum atomic E-state index is 5.73. The molecule has 0 aromatic heterocycles. The fourth-order valence-electron chi connectivity index (χ4n) is 2.58. The molecule has 2 heterocycles. The largest absolute Gasteiger partial charge is 0.377 e. The van der Waals surface area contributed by atoms with Crippen molar-refractivity contribution in [1.82, 2.24) is 10.2 Å². The molecule has 0 saturated carbocycles. The smallest absolute Gasteiger partial charge is 0.0703 e. The second kappa shape index (κ2) is 4.81. The van der Waals surface area contributed by atoms with Crippen molar-refractivity contribution in [2.45, 2.75) is 44.8 Å². The summed E-state index contributed by atoms with van der Waals surface area (Å²) in [6, 6.07) is 0. The molecular formula is C12H24N2O. The highest BCUT2D eigenvalue weighted by molar-refractivity contribution is 4.88. The minimum absolute atomic E-state index is 0.280. The van der Waals surface area contributed by atoms with Crippen molar-refractivity contribution in [2.75, 3.05) is 32.8 Å². The Balaban J connectivity index is 1.91. The first-order valence-electron chi connectivity index (χ1n) is 6.26. The van der Waals surface area contributed by atoms with Crippen LogP contribution in [0, 0.1) is 0 Å². The highest BCUT2D eigenvalue weighted by Crippen LogP contribution is 2.21. The standard InChI is InChI=1S/C12H24N2O/c1-12(2)10-13-6-4-7-14(12)9-11-5-3-8-15-11/h11,13H,3-10H2,1-2H3. The minimum atomic E-state index is 0.280. The third kappa shape index (κ3) is 2.92. The summed E-state index contributed by atoms with van der Waals surface area (Å²) in [4.78, 5) is 2.60. The van der Waals surface area contributed by atoms with Crippen molar-refractivity contribution in [1.29, 1.82) is 0 Å². The summed E-state index contributed by atoms with van der Waals surface area (Å²) in [5.41, 5.74) is 0.280. The van der Waals surface area contributed by atoms with Gasteiger partial charge in [0.05, 0.1) is 6.10 Å². The number of hydrogen-bond donors (Lipinski definition) is 1. The first-order valence-corrected chi connectivity index (χ1v) is 6.26. The number of ether oxygens (including phenoxy) is 1. The van der Waals surface area contributed by atoms with Gasteiger partial charge in [-0.15, -0.1) is 0 Å². The van der Waals surface area contributed by atoms with E-state index in [4.69, 9.17) is 4.74 Å². The molecule has 1 atom stereocenters. The van der Waals surface area contributed by atoms with Crippen LogP contribution in [0.25, 0.3) is 0 Å². The van der Waals surface area contributed by atoms with Gasteiger partial charge in [-0.05, 0) is 39.7 Å². The number of nitrogens with one attached hydrogen (secondary N) is 1. The highest BCUT2D eigenvalue weighted by atomic mass is 16.5. The van der Waals surface area contributed by atoms with E-state index >= 15 is 0 Å². The van der Waals surface area contributed by atoms with Crippen LogP contribution in [0.2, 0.25) is 0 Å². The molecular weight excluding hydrogens is 188 g/mol. The Morgan fingerprint density at radius 3 is 3.00 bits per heavy atom. The molecule has 2 rings (SSSR count). The number of nitrogens with zero attached hydrogens (tertiary/aromatic N) is 1. The molecule has 2 fully saturated rings. The molecule has 0 amide bonds. The number of rotatable bonds is 2. The summed E-state index contributed by atoms with van der Waals surface area (Å²) in [6.45, 7) is 10.2. The molecule has 15 heavy (non-hydrogen) atoms. The fraction of sp³-hybridized carbons (Fsp3) is 1.00. The normalized spacial score (nSPS) is 32.8. The molecule has 0 aromatic carbocycles. The van der Waals surface area contributed by atoms with Gasteiger partial charge in [-0.25, -0.2) is 0 Å². The van der Waals surface area contributed by atoms with E-state index in [1.165, 1.54) is 25.8 Å². The predicted molar refractivity (Wildman–Crippen MR) is 62.1 cm³/mol. The van der Waals surface area contributed by atoms with Crippen LogP contribution < -0.4 is 5.32 Å². The lowest BCUT2D eigenvalue weighted by molar-refractivity contribution is 0.0370. The highest BCUT2D eigenvalue weighted by Gasteiger charge is 2.30. The summed E-state index contributed by atoms with van der Waals surface area (Å²) >= 11 is 0. The van der Waals surface area contributed by atoms with E-state index < -0.39 is 0 Å². The molecule has 2 aliphatic rings. The third-order valence-electron chi connectivity index (χ3n) is 3.64. The molecule has 88 valence electrons. The first-order chi connectivity index (χ1) is 7.18. The lowest BCUT2D eigenvalue weighted by Gasteiger charge is -2.38. The van der Waals surface area contributed by atoms with Crippen LogP contribution in [0.15, 0.2) is 0 Å². The molecule has 2 aliphatic heterocycles. The van der Waals surface area contributed by atoms with Crippen molar-refractivity contribution in [3.63, 3.8) is 0 Å². The summed E-state index contributed by atoms with van der Waals surface area (Å²) in [6.07, 6.45) is 4.25. The van der Waals surface area contributed by atoms with Gasteiger partial charge in [0, 0.05) is 31.8 Å². The van der Waals surface area contributed by atoms with Crippen LogP contribution in [0.3, 0.4) is 0 Å². The average molecular weight is 212 g/mol. The first kappa shape index (κ1) is 11.4. The quantitative estimate of drug-likeness (QED) is 0.745. The van der Waals surface area contributed by atoms with Crippen LogP contribution in [0.4, 0.5) is 0 Å². The molecule has 3 heteroatoms. The Morgan fingerprint density at radius 1 is 1.40 bits per heavy atom. The van der Waals surface area contributed by atoms with Crippen molar-refractivity contribution in [2.24, 2.45) is 0 Å². The van der Waals surface area contributed by atoms with E-state index in [2.05, 4.69) is 24.1 Å². The van der Waals surface area contributed by atoms with Crippen LogP contribution in [-0.4, -0.2) is 49.3 Å². The summed E-state index contributed by atoms with van der Waals surface area (Å²) < 4.78 is 5.73. The van der Waals surface area contributed by atoms with Gasteiger partial charge in [-0.2, -0.15) is 0 Å². The minimum Gasteiger partial charge on any atom is -0.377 e. The molecule has 0 aromatic rings. The lowest BCUT2D eigenvalue weighted by Crippen LogP contribution is -2.51. The van der Waals surface area contributed by atoms with Crippen molar-refractivity contribution < 1.29 is 4.74 Å². The Kier molecular flexibility index (Phi) is 3.65. The van der Waals surface area contributed by atoms with Crippen LogP contribution in [-0.2, 0) is 4.74 Å². The Labute approximate surface area is 93.2 Å². The summed E-state index contributed by atoms with van der Waals surface area (Å²) in [5, 5.41) is 3.51. The molecule has 0 bridgehead atoms. The van der Waals surface area contributed by atoms with Crippen molar-refractivity contribution in [3.8, 4) is 0 Å². The van der Waals surface area contributed by atoms with Gasteiger partial charge >= 0.3 is 0 Å². The zero-order chi connectivity index (χ0) is 10.7. The van der Waals surface area contributed by atoms with Gasteiger partial charge in [-0.1, -0.05) is 0 Å². The van der Waals surface area contributed by atoms with Crippen molar-refractivity contribution >= 4 is 0 Å². The van der Waals surface area contributed by atoms with Crippen molar-refractivity contribution in [3.05, 3.63) is 0 Å². The van der Waals surface area contributed by atoms with E-state index in [0.717, 1.165) is 26.2 Å². The van der Waals surface area contributed by atoms with E-state index in [9.17, 15) is 0 Å². The second-order valence-corrected chi connectivity index (χ2v) is 5.42. The summed E-state index contributed by atoms with van der Waals surface area (Å²) in [7, 11) is 0. The summed E-state index contributed by atoms with van der Waals surface area (Å²) in [5.74, 6) is 0. The molecule has 0 spiro atoms. The molecule has 1 N–H and O–H groups in total. The predicted octanol–water partition coefficient (Wildman–Crippen LogP) is 1.24. The van der Waals surface area contributed by atoms with Gasteiger partial charge in [0.2, 0.25) is 0 Å². The zero-order valence-electron chi connectivity index (χ0n) is 10.1. The Bertz CT molecular complexity index is 200. The monoisotopic (exact) mass is 212 g/mol. The molecule has 3 nitrogen and oxygen atoms in total. The zero-order valence-corrected chi connectivity index (χ0v) is 10.1. The topological polar surface area (TPSA) is 24.5 Å². The Morgan fingerprint density at radius 2 is 2.27 bits per heavy atom. The van der Waals surface area contributed by atoms with E-state index in [0.29, 0.717) is 6.10 Å². The van der Waals surface area contributed by atoms with Gasteiger partial charge in [0.25, 0.3) is 0 Å². The molecule has 1 unspecified atom stereocenters. The molecule has 2 saturated heterocycles. The van der Waals surface area contributed by atoms with Crippen LogP contribution >= 0.6 is 0 Å². The molecule has 0 aliphatic carbocycles. The van der Waals surface area contributed by atoms with E-state index in [1.807, 2.05) is 0 Å². The van der Waals surface area contributed by atoms with E-state index in [1.54, 1.807) is 0 Å².